The van der Waals surface area contributed by atoms with Crippen molar-refractivity contribution in [3.63, 3.8) is 0 Å². The Balaban J connectivity index is 2.79. The van der Waals surface area contributed by atoms with Gasteiger partial charge in [-0.15, -0.1) is 0 Å². The van der Waals surface area contributed by atoms with Crippen LogP contribution in [0.25, 0.3) is 0 Å². The first-order valence-corrected chi connectivity index (χ1v) is 4.83. The van der Waals surface area contributed by atoms with Crippen molar-refractivity contribution in [1.29, 1.82) is 5.26 Å². The van der Waals surface area contributed by atoms with Crippen molar-refractivity contribution in [2.24, 2.45) is 5.92 Å². The molecule has 1 heterocycles. The van der Waals surface area contributed by atoms with Crippen LogP contribution in [0.4, 0.5) is 0 Å². The average molecular weight is 180 g/mol. The first-order chi connectivity index (χ1) is 6.11. The van der Waals surface area contributed by atoms with Gasteiger partial charge in [0.15, 0.2) is 0 Å². The van der Waals surface area contributed by atoms with E-state index in [1.807, 2.05) is 20.8 Å². The van der Waals surface area contributed by atoms with Gasteiger partial charge in [-0.25, -0.2) is 0 Å². The SMILES string of the molecule is CCC(C#N)N1C(=O)C(C)CC1C. The Morgan fingerprint density at radius 3 is 2.62 bits per heavy atom. The van der Waals surface area contributed by atoms with Crippen LogP contribution >= 0.6 is 0 Å². The molecule has 3 unspecified atom stereocenters. The van der Waals surface area contributed by atoms with Gasteiger partial charge in [0.1, 0.15) is 6.04 Å². The molecule has 0 N–H and O–H groups in total. The third-order valence-electron chi connectivity index (χ3n) is 2.72. The van der Waals surface area contributed by atoms with Crippen LogP contribution in [-0.2, 0) is 4.79 Å². The number of likely N-dealkylation sites (tertiary alicyclic amines) is 1. The molecule has 0 radical (unpaired) electrons. The second kappa shape index (κ2) is 3.78. The van der Waals surface area contributed by atoms with E-state index in [0.29, 0.717) is 0 Å². The summed E-state index contributed by atoms with van der Waals surface area (Å²) in [5.74, 6) is 0.235. The van der Waals surface area contributed by atoms with Crippen LogP contribution in [0, 0.1) is 17.2 Å². The molecular weight excluding hydrogens is 164 g/mol. The molecule has 3 heteroatoms. The fourth-order valence-corrected chi connectivity index (χ4v) is 2.01. The largest absolute Gasteiger partial charge is 0.324 e. The molecular formula is C10H16N2O. The minimum atomic E-state index is -0.229. The van der Waals surface area contributed by atoms with Crippen LogP contribution in [0.1, 0.15) is 33.6 Å². The van der Waals surface area contributed by atoms with E-state index in [1.165, 1.54) is 0 Å². The Morgan fingerprint density at radius 2 is 2.31 bits per heavy atom. The zero-order valence-corrected chi connectivity index (χ0v) is 8.45. The number of carbonyl (C=O) groups is 1. The monoisotopic (exact) mass is 180 g/mol. The molecule has 1 aliphatic rings. The molecule has 13 heavy (non-hydrogen) atoms. The Bertz CT molecular complexity index is 244. The summed E-state index contributed by atoms with van der Waals surface area (Å²) in [5, 5.41) is 8.86. The van der Waals surface area contributed by atoms with Crippen molar-refractivity contribution in [2.75, 3.05) is 0 Å². The van der Waals surface area contributed by atoms with Crippen molar-refractivity contribution in [3.05, 3.63) is 0 Å². The molecule has 0 aromatic heterocycles. The van der Waals surface area contributed by atoms with E-state index < -0.39 is 0 Å². The predicted molar refractivity (Wildman–Crippen MR) is 49.8 cm³/mol. The van der Waals surface area contributed by atoms with Gasteiger partial charge in [-0.05, 0) is 19.8 Å². The molecule has 0 aromatic rings. The van der Waals surface area contributed by atoms with Crippen LogP contribution < -0.4 is 0 Å². The fraction of sp³-hybridized carbons (Fsp3) is 0.800. The second-order valence-corrected chi connectivity index (χ2v) is 3.78. The molecule has 1 rings (SSSR count). The minimum absolute atomic E-state index is 0.0948. The Morgan fingerprint density at radius 1 is 1.69 bits per heavy atom. The van der Waals surface area contributed by atoms with E-state index in [4.69, 9.17) is 5.26 Å². The Labute approximate surface area is 79.3 Å². The maximum absolute atomic E-state index is 11.6. The molecule has 1 saturated heterocycles. The van der Waals surface area contributed by atoms with Gasteiger partial charge in [-0.3, -0.25) is 4.79 Å². The molecule has 0 spiro atoms. The molecule has 0 aliphatic carbocycles. The highest BCUT2D eigenvalue weighted by Crippen LogP contribution is 2.26. The molecule has 1 fully saturated rings. The van der Waals surface area contributed by atoms with Gasteiger partial charge in [0, 0.05) is 12.0 Å². The first-order valence-electron chi connectivity index (χ1n) is 4.83. The lowest BCUT2D eigenvalue weighted by molar-refractivity contribution is -0.132. The lowest BCUT2D eigenvalue weighted by Gasteiger charge is -2.25. The molecule has 3 atom stereocenters. The number of nitrogens with zero attached hydrogens (tertiary/aromatic N) is 2. The Hall–Kier alpha value is -1.04. The third-order valence-corrected chi connectivity index (χ3v) is 2.72. The lowest BCUT2D eigenvalue weighted by Crippen LogP contribution is -2.40. The van der Waals surface area contributed by atoms with Crippen LogP contribution in [0.15, 0.2) is 0 Å². The predicted octanol–water partition coefficient (Wildman–Crippen LogP) is 1.55. The summed E-state index contributed by atoms with van der Waals surface area (Å²) < 4.78 is 0. The van der Waals surface area contributed by atoms with Gasteiger partial charge in [-0.1, -0.05) is 13.8 Å². The summed E-state index contributed by atoms with van der Waals surface area (Å²) in [7, 11) is 0. The van der Waals surface area contributed by atoms with E-state index in [9.17, 15) is 4.79 Å². The molecule has 0 aromatic carbocycles. The maximum atomic E-state index is 11.6. The van der Waals surface area contributed by atoms with Crippen LogP contribution in [-0.4, -0.2) is 22.9 Å². The van der Waals surface area contributed by atoms with Crippen LogP contribution in [0.2, 0.25) is 0 Å². The van der Waals surface area contributed by atoms with Gasteiger partial charge < -0.3 is 4.90 Å². The van der Waals surface area contributed by atoms with E-state index in [-0.39, 0.29) is 23.9 Å². The van der Waals surface area contributed by atoms with E-state index in [1.54, 1.807) is 4.90 Å². The van der Waals surface area contributed by atoms with Crippen molar-refractivity contribution >= 4 is 5.91 Å². The normalized spacial score (nSPS) is 30.3. The number of hydrogen-bond donors (Lipinski definition) is 0. The van der Waals surface area contributed by atoms with Crippen molar-refractivity contribution in [1.82, 2.24) is 4.90 Å². The smallest absolute Gasteiger partial charge is 0.226 e. The second-order valence-electron chi connectivity index (χ2n) is 3.78. The summed E-state index contributed by atoms with van der Waals surface area (Å²) in [4.78, 5) is 13.4. The number of amides is 1. The zero-order valence-electron chi connectivity index (χ0n) is 8.45. The van der Waals surface area contributed by atoms with E-state index in [0.717, 1.165) is 12.8 Å². The highest BCUT2D eigenvalue weighted by molar-refractivity contribution is 5.81. The Kier molecular flexibility index (Phi) is 2.92. The molecule has 0 saturated carbocycles. The zero-order chi connectivity index (χ0) is 10.0. The number of rotatable bonds is 2. The molecule has 0 bridgehead atoms. The molecule has 1 amide bonds. The molecule has 3 nitrogen and oxygen atoms in total. The van der Waals surface area contributed by atoms with Crippen LogP contribution in [0.5, 0.6) is 0 Å². The standard InChI is InChI=1S/C10H16N2O/c1-4-9(6-11)12-8(3)5-7(2)10(12)13/h7-9H,4-5H2,1-3H3. The highest BCUT2D eigenvalue weighted by atomic mass is 16.2. The van der Waals surface area contributed by atoms with Crippen molar-refractivity contribution in [2.45, 2.75) is 45.7 Å². The summed E-state index contributed by atoms with van der Waals surface area (Å²) in [6.07, 6.45) is 1.61. The lowest BCUT2D eigenvalue weighted by atomic mass is 10.1. The maximum Gasteiger partial charge on any atom is 0.226 e. The van der Waals surface area contributed by atoms with E-state index >= 15 is 0 Å². The minimum Gasteiger partial charge on any atom is -0.324 e. The fourth-order valence-electron chi connectivity index (χ4n) is 2.01. The van der Waals surface area contributed by atoms with Gasteiger partial charge in [-0.2, -0.15) is 5.26 Å². The first kappa shape index (κ1) is 10.0. The number of carbonyl (C=O) groups excluding carboxylic acids is 1. The molecule has 1 aliphatic heterocycles. The van der Waals surface area contributed by atoms with Crippen molar-refractivity contribution in [3.8, 4) is 6.07 Å². The van der Waals surface area contributed by atoms with Crippen molar-refractivity contribution < 1.29 is 4.79 Å². The number of hydrogen-bond acceptors (Lipinski definition) is 2. The third kappa shape index (κ3) is 1.67. The molecule has 72 valence electrons. The summed E-state index contributed by atoms with van der Waals surface area (Å²) in [6.45, 7) is 5.89. The van der Waals surface area contributed by atoms with Gasteiger partial charge in [0.05, 0.1) is 6.07 Å². The van der Waals surface area contributed by atoms with Gasteiger partial charge in [0.25, 0.3) is 0 Å². The van der Waals surface area contributed by atoms with Gasteiger partial charge >= 0.3 is 0 Å². The topological polar surface area (TPSA) is 44.1 Å². The highest BCUT2D eigenvalue weighted by Gasteiger charge is 2.37. The quantitative estimate of drug-likeness (QED) is 0.647. The summed E-state index contributed by atoms with van der Waals surface area (Å²) >= 11 is 0. The van der Waals surface area contributed by atoms with Gasteiger partial charge in [0.2, 0.25) is 5.91 Å². The number of nitriles is 1. The summed E-state index contributed by atoms with van der Waals surface area (Å²) in [6, 6.07) is 2.18. The van der Waals surface area contributed by atoms with E-state index in [2.05, 4.69) is 6.07 Å². The summed E-state index contributed by atoms with van der Waals surface area (Å²) in [5.41, 5.74) is 0. The average Bonchev–Trinajstić information content (AvgIpc) is 2.34. The van der Waals surface area contributed by atoms with Crippen LogP contribution in [0.3, 0.4) is 0 Å².